The van der Waals surface area contributed by atoms with E-state index in [1.807, 2.05) is 18.2 Å². The van der Waals surface area contributed by atoms with Crippen LogP contribution in [0.2, 0.25) is 0 Å². The van der Waals surface area contributed by atoms with Crippen LogP contribution in [0.3, 0.4) is 0 Å². The van der Waals surface area contributed by atoms with Crippen molar-refractivity contribution < 1.29 is 18.4 Å². The van der Waals surface area contributed by atoms with Crippen molar-refractivity contribution in [2.24, 2.45) is 0 Å². The Morgan fingerprint density at radius 1 is 0.964 bits per heavy atom. The maximum Gasteiger partial charge on any atom is 0.293 e. The molecule has 0 aliphatic rings. The van der Waals surface area contributed by atoms with E-state index >= 15 is 0 Å². The van der Waals surface area contributed by atoms with Gasteiger partial charge < -0.3 is 18.4 Å². The number of methoxy groups -OCH3 is 1. The highest BCUT2D eigenvalue weighted by molar-refractivity contribution is 5.62. The molecule has 0 saturated heterocycles. The molecular formula is C22H20N2O4. The lowest BCUT2D eigenvalue weighted by atomic mass is 10.1. The Morgan fingerprint density at radius 2 is 1.86 bits per heavy atom. The summed E-state index contributed by atoms with van der Waals surface area (Å²) >= 11 is 0. The summed E-state index contributed by atoms with van der Waals surface area (Å²) in [5.74, 6) is 2.56. The first-order valence-electron chi connectivity index (χ1n) is 8.89. The van der Waals surface area contributed by atoms with Gasteiger partial charge in [0, 0.05) is 5.56 Å². The number of furan rings is 1. The van der Waals surface area contributed by atoms with Crippen molar-refractivity contribution in [3.63, 3.8) is 0 Å². The Balaban J connectivity index is 1.53. The quantitative estimate of drug-likeness (QED) is 0.460. The van der Waals surface area contributed by atoms with E-state index in [0.717, 1.165) is 11.1 Å². The van der Waals surface area contributed by atoms with Gasteiger partial charge in [0.1, 0.15) is 6.61 Å². The molecule has 0 radical (unpaired) electrons. The van der Waals surface area contributed by atoms with Crippen molar-refractivity contribution in [2.75, 3.05) is 7.11 Å². The zero-order chi connectivity index (χ0) is 19.5. The van der Waals surface area contributed by atoms with Gasteiger partial charge in [0.15, 0.2) is 17.3 Å². The minimum absolute atomic E-state index is 0.328. The third-order valence-electron chi connectivity index (χ3n) is 4.55. The van der Waals surface area contributed by atoms with Gasteiger partial charge >= 0.3 is 0 Å². The zero-order valence-corrected chi connectivity index (χ0v) is 15.9. The second-order valence-corrected chi connectivity index (χ2v) is 6.47. The topological polar surface area (TPSA) is 70.5 Å². The van der Waals surface area contributed by atoms with Crippen molar-refractivity contribution in [1.82, 2.24) is 10.1 Å². The van der Waals surface area contributed by atoms with Crippen molar-refractivity contribution >= 4 is 0 Å². The molecule has 2 aromatic heterocycles. The van der Waals surface area contributed by atoms with Gasteiger partial charge in [0.2, 0.25) is 5.82 Å². The number of hydrogen-bond acceptors (Lipinski definition) is 6. The Hall–Kier alpha value is -3.54. The highest BCUT2D eigenvalue weighted by Gasteiger charge is 2.15. The van der Waals surface area contributed by atoms with E-state index in [1.54, 1.807) is 25.5 Å². The first kappa shape index (κ1) is 17.9. The van der Waals surface area contributed by atoms with E-state index in [2.05, 4.69) is 42.2 Å². The molecule has 2 heterocycles. The monoisotopic (exact) mass is 376 g/mol. The molecule has 0 spiro atoms. The number of rotatable bonds is 6. The van der Waals surface area contributed by atoms with Crippen LogP contribution in [0, 0.1) is 13.8 Å². The van der Waals surface area contributed by atoms with Crippen LogP contribution >= 0.6 is 0 Å². The number of aryl methyl sites for hydroxylation is 2. The molecule has 0 unspecified atom stereocenters. The van der Waals surface area contributed by atoms with Gasteiger partial charge in [0.05, 0.1) is 13.4 Å². The second-order valence-electron chi connectivity index (χ2n) is 6.47. The van der Waals surface area contributed by atoms with Crippen molar-refractivity contribution in [2.45, 2.75) is 20.5 Å². The van der Waals surface area contributed by atoms with Gasteiger partial charge in [-0.1, -0.05) is 23.4 Å². The minimum Gasteiger partial charge on any atom is -0.493 e. The van der Waals surface area contributed by atoms with Crippen molar-refractivity contribution in [1.29, 1.82) is 0 Å². The number of aromatic nitrogens is 2. The third kappa shape index (κ3) is 3.62. The molecule has 0 bridgehead atoms. The first-order chi connectivity index (χ1) is 13.6. The van der Waals surface area contributed by atoms with E-state index in [4.69, 9.17) is 18.4 Å². The van der Waals surface area contributed by atoms with Crippen LogP contribution in [-0.2, 0) is 6.61 Å². The lowest BCUT2D eigenvalue weighted by Gasteiger charge is -2.12. The summed E-state index contributed by atoms with van der Waals surface area (Å²) in [5.41, 5.74) is 4.38. The summed E-state index contributed by atoms with van der Waals surface area (Å²) in [6, 6.07) is 15.4. The fourth-order valence-corrected chi connectivity index (χ4v) is 2.82. The van der Waals surface area contributed by atoms with Gasteiger partial charge in [0.25, 0.3) is 5.89 Å². The fraction of sp³-hybridized carbons (Fsp3) is 0.182. The standard InChI is InChI=1S/C22H20N2O4/c1-14-6-7-16(11-15(14)2)13-27-18-9-8-17(12-20(18)25-3)21-23-22(28-24-21)19-5-4-10-26-19/h4-12H,13H2,1-3H3. The molecule has 0 saturated carbocycles. The van der Waals surface area contributed by atoms with Gasteiger partial charge in [-0.15, -0.1) is 0 Å². The summed E-state index contributed by atoms with van der Waals surface area (Å²) in [6.45, 7) is 4.65. The van der Waals surface area contributed by atoms with Crippen molar-refractivity contribution in [3.8, 4) is 34.5 Å². The number of nitrogens with zero attached hydrogens (tertiary/aromatic N) is 2. The van der Waals surface area contributed by atoms with Gasteiger partial charge in [-0.3, -0.25) is 0 Å². The van der Waals surface area contributed by atoms with Crippen LogP contribution in [-0.4, -0.2) is 17.3 Å². The molecule has 4 rings (SSSR count). The molecule has 2 aromatic carbocycles. The van der Waals surface area contributed by atoms with E-state index in [1.165, 1.54) is 11.1 Å². The first-order valence-corrected chi connectivity index (χ1v) is 8.89. The van der Waals surface area contributed by atoms with Gasteiger partial charge in [-0.05, 0) is 60.9 Å². The molecule has 0 atom stereocenters. The Bertz CT molecular complexity index is 1080. The lowest BCUT2D eigenvalue weighted by Crippen LogP contribution is -1.99. The van der Waals surface area contributed by atoms with E-state index in [9.17, 15) is 0 Å². The van der Waals surface area contributed by atoms with Crippen molar-refractivity contribution in [3.05, 3.63) is 71.5 Å². The van der Waals surface area contributed by atoms with Gasteiger partial charge in [-0.25, -0.2) is 0 Å². The summed E-state index contributed by atoms with van der Waals surface area (Å²) in [6.07, 6.45) is 1.56. The van der Waals surface area contributed by atoms with Crippen LogP contribution in [0.15, 0.2) is 63.7 Å². The molecule has 6 heteroatoms. The normalized spacial score (nSPS) is 10.8. The average molecular weight is 376 g/mol. The molecular weight excluding hydrogens is 356 g/mol. The Labute approximate surface area is 162 Å². The molecule has 0 N–H and O–H groups in total. The summed E-state index contributed by atoms with van der Waals surface area (Å²) in [5, 5.41) is 4.02. The third-order valence-corrected chi connectivity index (χ3v) is 4.55. The van der Waals surface area contributed by atoms with E-state index in [-0.39, 0.29) is 0 Å². The highest BCUT2D eigenvalue weighted by Crippen LogP contribution is 2.33. The smallest absolute Gasteiger partial charge is 0.293 e. The summed E-state index contributed by atoms with van der Waals surface area (Å²) in [4.78, 5) is 4.37. The molecule has 0 amide bonds. The molecule has 0 aliphatic carbocycles. The summed E-state index contributed by atoms with van der Waals surface area (Å²) < 4.78 is 22.0. The molecule has 0 fully saturated rings. The fourth-order valence-electron chi connectivity index (χ4n) is 2.82. The largest absolute Gasteiger partial charge is 0.493 e. The minimum atomic E-state index is 0.328. The maximum absolute atomic E-state index is 5.96. The lowest BCUT2D eigenvalue weighted by molar-refractivity contribution is 0.284. The molecule has 0 aliphatic heterocycles. The van der Waals surface area contributed by atoms with Crippen LogP contribution < -0.4 is 9.47 Å². The van der Waals surface area contributed by atoms with Crippen LogP contribution in [0.5, 0.6) is 11.5 Å². The second kappa shape index (κ2) is 7.60. The van der Waals surface area contributed by atoms with Crippen LogP contribution in [0.1, 0.15) is 16.7 Å². The van der Waals surface area contributed by atoms with Crippen LogP contribution in [0.4, 0.5) is 0 Å². The Morgan fingerprint density at radius 3 is 2.61 bits per heavy atom. The molecule has 142 valence electrons. The average Bonchev–Trinajstić information content (AvgIpc) is 3.40. The summed E-state index contributed by atoms with van der Waals surface area (Å²) in [7, 11) is 1.60. The molecule has 4 aromatic rings. The number of ether oxygens (including phenoxy) is 2. The zero-order valence-electron chi connectivity index (χ0n) is 15.9. The van der Waals surface area contributed by atoms with E-state index in [0.29, 0.717) is 35.6 Å². The molecule has 6 nitrogen and oxygen atoms in total. The molecule has 28 heavy (non-hydrogen) atoms. The van der Waals surface area contributed by atoms with Crippen LogP contribution in [0.25, 0.3) is 23.0 Å². The maximum atomic E-state index is 5.96. The Kier molecular flexibility index (Phi) is 4.85. The number of hydrogen-bond donors (Lipinski definition) is 0. The predicted octanol–water partition coefficient (Wildman–Crippen LogP) is 5.20. The highest BCUT2D eigenvalue weighted by atomic mass is 16.5. The SMILES string of the molecule is COc1cc(-c2noc(-c3ccco3)n2)ccc1OCc1ccc(C)c(C)c1. The van der Waals surface area contributed by atoms with Gasteiger partial charge in [-0.2, -0.15) is 4.98 Å². The van der Waals surface area contributed by atoms with E-state index < -0.39 is 0 Å². The number of benzene rings is 2. The predicted molar refractivity (Wildman–Crippen MR) is 104 cm³/mol.